The molecule has 0 spiro atoms. The number of hydrogen-bond acceptors (Lipinski definition) is 5. The lowest BCUT2D eigenvalue weighted by molar-refractivity contribution is -0.158. The molecule has 0 aromatic rings. The van der Waals surface area contributed by atoms with Gasteiger partial charge < -0.3 is 20.9 Å². The fourth-order valence-corrected chi connectivity index (χ4v) is 1.05. The van der Waals surface area contributed by atoms with Crippen LogP contribution in [-0.2, 0) is 19.1 Å². The number of carboxylic acid groups (broad SMARTS) is 1. The second-order valence-corrected chi connectivity index (χ2v) is 4.98. The number of ether oxygens (including phenoxy) is 1. The summed E-state index contributed by atoms with van der Waals surface area (Å²) in [4.78, 5) is 33.6. The number of esters is 1. The van der Waals surface area contributed by atoms with E-state index in [9.17, 15) is 14.4 Å². The van der Waals surface area contributed by atoms with Crippen LogP contribution >= 0.6 is 0 Å². The zero-order valence-corrected chi connectivity index (χ0v) is 11.0. The number of carbonyl (C=O) groups excluding carboxylic acids is 2. The van der Waals surface area contributed by atoms with Crippen molar-refractivity contribution in [1.82, 2.24) is 5.32 Å². The lowest BCUT2D eigenvalue weighted by atomic mass is 10.1. The molecule has 0 rings (SSSR count). The van der Waals surface area contributed by atoms with Gasteiger partial charge in [-0.05, 0) is 27.7 Å². The van der Waals surface area contributed by atoms with E-state index in [1.54, 1.807) is 20.8 Å². The molecule has 4 N–H and O–H groups in total. The Balaban J connectivity index is 4.51. The summed E-state index contributed by atoms with van der Waals surface area (Å²) in [6.07, 6.45) is -0.439. The van der Waals surface area contributed by atoms with Gasteiger partial charge in [-0.25, -0.2) is 4.79 Å². The minimum Gasteiger partial charge on any atom is -0.480 e. The van der Waals surface area contributed by atoms with E-state index in [2.05, 4.69) is 5.32 Å². The smallest absolute Gasteiger partial charge is 0.326 e. The summed E-state index contributed by atoms with van der Waals surface area (Å²) in [6, 6.07) is -2.18. The largest absolute Gasteiger partial charge is 0.480 e. The van der Waals surface area contributed by atoms with E-state index in [1.165, 1.54) is 6.92 Å². The standard InChI is InChI=1S/C11H20N2O5/c1-6(12)9(15)13-7(10(16)17)5-8(14)18-11(2,3)4/h6-7H,5,12H2,1-4H3,(H,13,15)(H,16,17)/t6?,7-/m0/s1. The molecule has 0 bridgehead atoms. The lowest BCUT2D eigenvalue weighted by Crippen LogP contribution is -2.48. The summed E-state index contributed by atoms with van der Waals surface area (Å²) < 4.78 is 4.98. The molecule has 7 nitrogen and oxygen atoms in total. The second kappa shape index (κ2) is 6.34. The Bertz CT molecular complexity index is 333. The molecule has 0 fully saturated rings. The van der Waals surface area contributed by atoms with Crippen LogP contribution in [0.1, 0.15) is 34.1 Å². The number of carboxylic acids is 1. The third-order valence-electron chi connectivity index (χ3n) is 1.82. The number of rotatable bonds is 5. The van der Waals surface area contributed by atoms with E-state index in [1.807, 2.05) is 0 Å². The minimum atomic E-state index is -1.33. The zero-order valence-electron chi connectivity index (χ0n) is 11.0. The van der Waals surface area contributed by atoms with Crippen LogP contribution in [0, 0.1) is 0 Å². The van der Waals surface area contributed by atoms with Gasteiger partial charge in [0.15, 0.2) is 0 Å². The molecule has 1 amide bonds. The van der Waals surface area contributed by atoms with Crippen LogP contribution in [0.25, 0.3) is 0 Å². The van der Waals surface area contributed by atoms with E-state index in [4.69, 9.17) is 15.6 Å². The number of hydrogen-bond donors (Lipinski definition) is 3. The van der Waals surface area contributed by atoms with Crippen molar-refractivity contribution in [2.24, 2.45) is 5.73 Å². The number of nitrogens with one attached hydrogen (secondary N) is 1. The van der Waals surface area contributed by atoms with E-state index < -0.39 is 42.0 Å². The van der Waals surface area contributed by atoms with E-state index in [-0.39, 0.29) is 0 Å². The summed E-state index contributed by atoms with van der Waals surface area (Å²) in [6.45, 7) is 6.42. The molecule has 0 aliphatic rings. The first kappa shape index (κ1) is 16.4. The molecule has 104 valence electrons. The van der Waals surface area contributed by atoms with Gasteiger partial charge in [0, 0.05) is 0 Å². The maximum Gasteiger partial charge on any atom is 0.326 e. The molecule has 0 aromatic heterocycles. The number of aliphatic carboxylic acids is 1. The van der Waals surface area contributed by atoms with Crippen LogP contribution in [0.5, 0.6) is 0 Å². The summed E-state index contributed by atoms with van der Waals surface area (Å²) in [7, 11) is 0. The number of nitrogens with two attached hydrogens (primary N) is 1. The fourth-order valence-electron chi connectivity index (χ4n) is 1.05. The lowest BCUT2D eigenvalue weighted by Gasteiger charge is -2.21. The van der Waals surface area contributed by atoms with Crippen molar-refractivity contribution in [2.75, 3.05) is 0 Å². The Morgan fingerprint density at radius 1 is 1.33 bits per heavy atom. The summed E-state index contributed by atoms with van der Waals surface area (Å²) >= 11 is 0. The molecule has 0 heterocycles. The maximum absolute atomic E-state index is 11.5. The van der Waals surface area contributed by atoms with Gasteiger partial charge in [-0.3, -0.25) is 9.59 Å². The van der Waals surface area contributed by atoms with Gasteiger partial charge in [0.25, 0.3) is 0 Å². The van der Waals surface area contributed by atoms with E-state index in [0.717, 1.165) is 0 Å². The molecule has 0 radical (unpaired) electrons. The quantitative estimate of drug-likeness (QED) is 0.580. The molecule has 0 aromatic carbocycles. The zero-order chi connectivity index (χ0) is 14.5. The summed E-state index contributed by atoms with van der Waals surface area (Å²) in [5.41, 5.74) is 4.59. The normalized spacial score (nSPS) is 14.5. The van der Waals surface area contributed by atoms with Gasteiger partial charge in [-0.1, -0.05) is 0 Å². The third-order valence-corrected chi connectivity index (χ3v) is 1.82. The van der Waals surface area contributed by atoms with Crippen molar-refractivity contribution < 1.29 is 24.2 Å². The molecular weight excluding hydrogens is 240 g/mol. The van der Waals surface area contributed by atoms with Gasteiger partial charge in [0.1, 0.15) is 11.6 Å². The molecule has 0 aliphatic carbocycles. The van der Waals surface area contributed by atoms with Crippen molar-refractivity contribution in [2.45, 2.75) is 51.8 Å². The molecule has 0 saturated carbocycles. The molecule has 18 heavy (non-hydrogen) atoms. The highest BCUT2D eigenvalue weighted by atomic mass is 16.6. The van der Waals surface area contributed by atoms with Crippen LogP contribution < -0.4 is 11.1 Å². The molecular formula is C11H20N2O5. The number of amides is 1. The van der Waals surface area contributed by atoms with Crippen LogP contribution in [-0.4, -0.2) is 40.6 Å². The van der Waals surface area contributed by atoms with Gasteiger partial charge in [0.2, 0.25) is 5.91 Å². The summed E-state index contributed by atoms with van der Waals surface area (Å²) in [5.74, 6) is -2.64. The average Bonchev–Trinajstić information content (AvgIpc) is 2.12. The van der Waals surface area contributed by atoms with Crippen molar-refractivity contribution in [1.29, 1.82) is 0 Å². The molecule has 0 aliphatic heterocycles. The molecule has 1 unspecified atom stereocenters. The van der Waals surface area contributed by atoms with Crippen molar-refractivity contribution >= 4 is 17.8 Å². The van der Waals surface area contributed by atoms with Gasteiger partial charge in [0.05, 0.1) is 12.5 Å². The van der Waals surface area contributed by atoms with Crippen LogP contribution in [0.15, 0.2) is 0 Å². The van der Waals surface area contributed by atoms with Gasteiger partial charge >= 0.3 is 11.9 Å². The Morgan fingerprint density at radius 2 is 1.83 bits per heavy atom. The van der Waals surface area contributed by atoms with Crippen molar-refractivity contribution in [3.8, 4) is 0 Å². The highest BCUT2D eigenvalue weighted by Gasteiger charge is 2.27. The SMILES string of the molecule is CC(N)C(=O)N[C@@H](CC(=O)OC(C)(C)C)C(=O)O. The Kier molecular flexibility index (Phi) is 5.77. The van der Waals surface area contributed by atoms with E-state index >= 15 is 0 Å². The van der Waals surface area contributed by atoms with Gasteiger partial charge in [-0.2, -0.15) is 0 Å². The van der Waals surface area contributed by atoms with Crippen LogP contribution in [0.4, 0.5) is 0 Å². The van der Waals surface area contributed by atoms with Crippen molar-refractivity contribution in [3.63, 3.8) is 0 Å². The van der Waals surface area contributed by atoms with E-state index in [0.29, 0.717) is 0 Å². The molecule has 7 heteroatoms. The van der Waals surface area contributed by atoms with Crippen molar-refractivity contribution in [3.05, 3.63) is 0 Å². The predicted molar refractivity (Wildman–Crippen MR) is 63.7 cm³/mol. The first-order chi connectivity index (χ1) is 8.03. The maximum atomic E-state index is 11.5. The Hall–Kier alpha value is -1.63. The highest BCUT2D eigenvalue weighted by molar-refractivity contribution is 5.89. The molecule has 2 atom stereocenters. The summed E-state index contributed by atoms with van der Waals surface area (Å²) in [5, 5.41) is 11.1. The number of carbonyl (C=O) groups is 3. The predicted octanol–water partition coefficient (Wildman–Crippen LogP) is -0.365. The Morgan fingerprint density at radius 3 is 2.17 bits per heavy atom. The topological polar surface area (TPSA) is 119 Å². The van der Waals surface area contributed by atoms with Crippen LogP contribution in [0.2, 0.25) is 0 Å². The Labute approximate surface area is 106 Å². The van der Waals surface area contributed by atoms with Crippen LogP contribution in [0.3, 0.4) is 0 Å². The average molecular weight is 260 g/mol. The minimum absolute atomic E-state index is 0.439. The fraction of sp³-hybridized carbons (Fsp3) is 0.727. The van der Waals surface area contributed by atoms with Gasteiger partial charge in [-0.15, -0.1) is 0 Å². The monoisotopic (exact) mass is 260 g/mol. The highest BCUT2D eigenvalue weighted by Crippen LogP contribution is 2.09. The third kappa shape index (κ3) is 6.85. The molecule has 0 saturated heterocycles. The first-order valence-corrected chi connectivity index (χ1v) is 5.53. The second-order valence-electron chi connectivity index (χ2n) is 4.98. The first-order valence-electron chi connectivity index (χ1n) is 5.53.